The van der Waals surface area contributed by atoms with E-state index >= 15 is 0 Å². The average molecular weight is 432 g/mol. The third-order valence-corrected chi connectivity index (χ3v) is 5.42. The minimum atomic E-state index is -4.20. The van der Waals surface area contributed by atoms with Crippen LogP contribution in [0, 0.1) is 0 Å². The van der Waals surface area contributed by atoms with Crippen molar-refractivity contribution < 1.29 is 12.6 Å². The molecule has 0 radical (unpaired) electrons. The van der Waals surface area contributed by atoms with Crippen LogP contribution >= 0.6 is 23.2 Å². The van der Waals surface area contributed by atoms with E-state index < -0.39 is 10.1 Å². The van der Waals surface area contributed by atoms with Gasteiger partial charge in [-0.05, 0) is 24.4 Å². The number of azide groups is 1. The van der Waals surface area contributed by atoms with Gasteiger partial charge in [-0.25, -0.2) is 4.98 Å². The van der Waals surface area contributed by atoms with Crippen molar-refractivity contribution in [2.45, 2.75) is 44.7 Å². The summed E-state index contributed by atoms with van der Waals surface area (Å²) in [5, 5.41) is 3.99. The van der Waals surface area contributed by atoms with Crippen LogP contribution in [0.2, 0.25) is 10.0 Å². The smallest absolute Gasteiger partial charge is 0.357 e. The number of imidazole rings is 1. The predicted molar refractivity (Wildman–Crippen MR) is 104 cm³/mol. The summed E-state index contributed by atoms with van der Waals surface area (Å²) in [6, 6.07) is 4.22. The van der Waals surface area contributed by atoms with Gasteiger partial charge in [0.25, 0.3) is 0 Å². The van der Waals surface area contributed by atoms with Crippen LogP contribution in [-0.4, -0.2) is 24.5 Å². The molecule has 0 bridgehead atoms. The first-order chi connectivity index (χ1) is 12.7. The highest BCUT2D eigenvalue weighted by Gasteiger charge is 2.30. The van der Waals surface area contributed by atoms with Crippen molar-refractivity contribution in [2.75, 3.05) is 6.54 Å². The molecule has 2 rings (SSSR count). The number of hydrogen-bond acceptors (Lipinski definition) is 5. The van der Waals surface area contributed by atoms with E-state index in [1.54, 1.807) is 11.5 Å². The summed E-state index contributed by atoms with van der Waals surface area (Å²) in [4.78, 5) is 7.18. The maximum Gasteiger partial charge on any atom is 0.357 e. The summed E-state index contributed by atoms with van der Waals surface area (Å²) >= 11 is 11.8. The second kappa shape index (κ2) is 8.84. The Morgan fingerprint density at radius 1 is 1.30 bits per heavy atom. The Hall–Kier alpha value is -1.93. The topological polar surface area (TPSA) is 110 Å². The molecule has 0 aliphatic carbocycles. The Bertz CT molecular complexity index is 962. The van der Waals surface area contributed by atoms with Crippen molar-refractivity contribution in [1.29, 1.82) is 0 Å². The second-order valence-corrected chi connectivity index (χ2v) is 8.30. The minimum Gasteiger partial charge on any atom is -0.378 e. The van der Waals surface area contributed by atoms with Gasteiger partial charge in [0.15, 0.2) is 5.03 Å². The molecule has 0 spiro atoms. The van der Waals surface area contributed by atoms with E-state index in [1.807, 2.05) is 13.8 Å². The van der Waals surface area contributed by atoms with E-state index in [1.165, 1.54) is 18.2 Å². The summed E-state index contributed by atoms with van der Waals surface area (Å²) in [5.74, 6) is 0.369. The van der Waals surface area contributed by atoms with Gasteiger partial charge in [-0.2, -0.15) is 8.42 Å². The fourth-order valence-corrected chi connectivity index (χ4v) is 4.57. The first-order valence-corrected chi connectivity index (χ1v) is 10.4. The standard InChI is InChI=1S/C16H19Cl2N5O3S/c1-4-23-14(5-6-20-22-19)21-15(10(2)3)16(23)27(24,25)26-13-8-11(17)7-12(18)9-13/h7-10H,4-6H2,1-3H3. The van der Waals surface area contributed by atoms with Crippen LogP contribution in [-0.2, 0) is 23.1 Å². The van der Waals surface area contributed by atoms with Gasteiger partial charge in [0.1, 0.15) is 11.6 Å². The van der Waals surface area contributed by atoms with Crippen LogP contribution in [0.4, 0.5) is 0 Å². The van der Waals surface area contributed by atoms with Gasteiger partial charge in [-0.15, -0.1) is 0 Å². The van der Waals surface area contributed by atoms with Crippen LogP contribution in [0.15, 0.2) is 28.3 Å². The number of nitrogens with zero attached hydrogens (tertiary/aromatic N) is 5. The summed E-state index contributed by atoms with van der Waals surface area (Å²) in [6.07, 6.45) is 0.316. The Labute approximate surface area is 167 Å². The zero-order valence-electron chi connectivity index (χ0n) is 15.1. The molecule has 8 nitrogen and oxygen atoms in total. The molecule has 1 aromatic carbocycles. The van der Waals surface area contributed by atoms with Gasteiger partial charge >= 0.3 is 10.1 Å². The van der Waals surface area contributed by atoms with E-state index in [9.17, 15) is 8.42 Å². The third kappa shape index (κ3) is 5.07. The molecular weight excluding hydrogens is 413 g/mol. The largest absolute Gasteiger partial charge is 0.378 e. The lowest BCUT2D eigenvalue weighted by molar-refractivity contribution is 0.469. The highest BCUT2D eigenvalue weighted by atomic mass is 35.5. The molecule has 0 fully saturated rings. The summed E-state index contributed by atoms with van der Waals surface area (Å²) in [7, 11) is -4.20. The van der Waals surface area contributed by atoms with Crippen LogP contribution in [0.5, 0.6) is 5.75 Å². The first-order valence-electron chi connectivity index (χ1n) is 8.20. The predicted octanol–water partition coefficient (Wildman–Crippen LogP) is 4.95. The zero-order chi connectivity index (χ0) is 20.2. The molecule has 1 heterocycles. The zero-order valence-corrected chi connectivity index (χ0v) is 17.4. The lowest BCUT2D eigenvalue weighted by Gasteiger charge is -2.13. The van der Waals surface area contributed by atoms with Gasteiger partial charge < -0.3 is 8.75 Å². The van der Waals surface area contributed by atoms with E-state index in [-0.39, 0.29) is 33.3 Å². The maximum absolute atomic E-state index is 13.0. The molecule has 11 heteroatoms. The molecule has 146 valence electrons. The fourth-order valence-electron chi connectivity index (χ4n) is 2.60. The van der Waals surface area contributed by atoms with Crippen LogP contribution < -0.4 is 4.18 Å². The summed E-state index contributed by atoms with van der Waals surface area (Å²) in [6.45, 7) is 6.02. The summed E-state index contributed by atoms with van der Waals surface area (Å²) in [5.41, 5.74) is 8.84. The van der Waals surface area contributed by atoms with Crippen LogP contribution in [0.3, 0.4) is 0 Å². The SMILES string of the molecule is CCn1c(CCN=[N+]=[N-])nc(C(C)C)c1S(=O)(=O)Oc1cc(Cl)cc(Cl)c1. The first kappa shape index (κ1) is 21.4. The highest BCUT2D eigenvalue weighted by molar-refractivity contribution is 7.87. The molecule has 0 unspecified atom stereocenters. The van der Waals surface area contributed by atoms with Crippen molar-refractivity contribution in [2.24, 2.45) is 5.11 Å². The normalized spacial score (nSPS) is 11.5. The maximum atomic E-state index is 13.0. The molecule has 0 amide bonds. The van der Waals surface area contributed by atoms with Crippen molar-refractivity contribution in [3.63, 3.8) is 0 Å². The van der Waals surface area contributed by atoms with Crippen molar-refractivity contribution in [3.8, 4) is 5.75 Å². The van der Waals surface area contributed by atoms with Gasteiger partial charge in [0.05, 0.1) is 5.69 Å². The Morgan fingerprint density at radius 3 is 2.44 bits per heavy atom. The number of halogens is 2. The van der Waals surface area contributed by atoms with Crippen molar-refractivity contribution >= 4 is 33.3 Å². The van der Waals surface area contributed by atoms with Crippen molar-refractivity contribution in [1.82, 2.24) is 9.55 Å². The molecular formula is C16H19Cl2N5O3S. The lowest BCUT2D eigenvalue weighted by Crippen LogP contribution is -2.18. The van der Waals surface area contributed by atoms with E-state index in [0.29, 0.717) is 24.5 Å². The number of rotatable bonds is 8. The van der Waals surface area contributed by atoms with Gasteiger partial charge in [-0.3, -0.25) is 0 Å². The van der Waals surface area contributed by atoms with Crippen LogP contribution in [0.25, 0.3) is 10.4 Å². The number of aromatic nitrogens is 2. The molecule has 0 aliphatic heterocycles. The fraction of sp³-hybridized carbons (Fsp3) is 0.438. The third-order valence-electron chi connectivity index (χ3n) is 3.67. The molecule has 1 aromatic heterocycles. The highest BCUT2D eigenvalue weighted by Crippen LogP contribution is 2.30. The number of hydrogen-bond donors (Lipinski definition) is 0. The monoisotopic (exact) mass is 431 g/mol. The minimum absolute atomic E-state index is 0.0155. The number of benzene rings is 1. The van der Waals surface area contributed by atoms with E-state index in [2.05, 4.69) is 15.0 Å². The quantitative estimate of drug-likeness (QED) is 0.254. The molecule has 0 N–H and O–H groups in total. The van der Waals surface area contributed by atoms with Crippen LogP contribution in [0.1, 0.15) is 38.2 Å². The van der Waals surface area contributed by atoms with Gasteiger partial charge in [0, 0.05) is 46.6 Å². The molecule has 0 aliphatic rings. The molecule has 0 atom stereocenters. The van der Waals surface area contributed by atoms with E-state index in [0.717, 1.165) is 0 Å². The molecule has 0 saturated heterocycles. The molecule has 2 aromatic rings. The van der Waals surface area contributed by atoms with Crippen molar-refractivity contribution in [3.05, 3.63) is 50.2 Å². The Balaban J connectivity index is 2.54. The summed E-state index contributed by atoms with van der Waals surface area (Å²) < 4.78 is 32.9. The molecule has 0 saturated carbocycles. The Kier molecular flexibility index (Phi) is 7.00. The molecule has 27 heavy (non-hydrogen) atoms. The Morgan fingerprint density at radius 2 is 1.93 bits per heavy atom. The average Bonchev–Trinajstić information content (AvgIpc) is 2.93. The van der Waals surface area contributed by atoms with Gasteiger partial charge in [0.2, 0.25) is 0 Å². The second-order valence-electron chi connectivity index (χ2n) is 5.96. The van der Waals surface area contributed by atoms with E-state index in [4.69, 9.17) is 32.9 Å². The van der Waals surface area contributed by atoms with Gasteiger partial charge in [-0.1, -0.05) is 42.2 Å². The lowest BCUT2D eigenvalue weighted by atomic mass is 10.1.